The number of amides is 1. The molecule has 6 nitrogen and oxygen atoms in total. The van der Waals surface area contributed by atoms with Gasteiger partial charge in [0.2, 0.25) is 0 Å². The Hall–Kier alpha value is -1.56. The van der Waals surface area contributed by atoms with Gasteiger partial charge >= 0.3 is 5.95 Å². The van der Waals surface area contributed by atoms with Crippen molar-refractivity contribution in [3.63, 3.8) is 0 Å². The van der Waals surface area contributed by atoms with Crippen molar-refractivity contribution in [1.82, 2.24) is 10.5 Å². The Morgan fingerprint density at radius 3 is 2.87 bits per heavy atom. The molecule has 2 N–H and O–H groups in total. The minimum Gasteiger partial charge on any atom is -0.467 e. The van der Waals surface area contributed by atoms with Crippen molar-refractivity contribution in [2.75, 3.05) is 13.7 Å². The first-order valence-electron chi connectivity index (χ1n) is 4.43. The van der Waals surface area contributed by atoms with E-state index in [1.807, 2.05) is 0 Å². The van der Waals surface area contributed by atoms with Gasteiger partial charge in [-0.15, -0.1) is 0 Å². The molecule has 0 bridgehead atoms. The third-order valence-electron chi connectivity index (χ3n) is 1.60. The first-order chi connectivity index (χ1) is 6.92. The molecule has 15 heavy (non-hydrogen) atoms. The molecule has 0 aliphatic rings. The largest absolute Gasteiger partial charge is 0.467 e. The summed E-state index contributed by atoms with van der Waals surface area (Å²) in [5.41, 5.74) is -0.833. The summed E-state index contributed by atoms with van der Waals surface area (Å²) in [6.45, 7) is 3.33. The lowest BCUT2D eigenvalue weighted by atomic mass is 10.1. The van der Waals surface area contributed by atoms with E-state index in [0.717, 1.165) is 0 Å². The summed E-state index contributed by atoms with van der Waals surface area (Å²) in [4.78, 5) is 11.4. The minimum atomic E-state index is -0.955. The van der Waals surface area contributed by atoms with Gasteiger partial charge in [-0.1, -0.05) is 5.16 Å². The fourth-order valence-corrected chi connectivity index (χ4v) is 0.849. The van der Waals surface area contributed by atoms with E-state index in [-0.39, 0.29) is 18.2 Å². The number of aliphatic hydroxyl groups is 1. The van der Waals surface area contributed by atoms with Crippen LogP contribution in [0.15, 0.2) is 10.6 Å². The summed E-state index contributed by atoms with van der Waals surface area (Å²) in [5, 5.41) is 15.4. The summed E-state index contributed by atoms with van der Waals surface area (Å²) in [7, 11) is 1.42. The van der Waals surface area contributed by atoms with Gasteiger partial charge in [-0.2, -0.15) is 0 Å². The van der Waals surface area contributed by atoms with Crippen LogP contribution in [0.3, 0.4) is 0 Å². The van der Waals surface area contributed by atoms with E-state index in [4.69, 9.17) is 4.74 Å². The predicted molar refractivity (Wildman–Crippen MR) is 51.7 cm³/mol. The van der Waals surface area contributed by atoms with Crippen LogP contribution < -0.4 is 10.1 Å². The number of hydrogen-bond acceptors (Lipinski definition) is 5. The average molecular weight is 214 g/mol. The monoisotopic (exact) mass is 214 g/mol. The van der Waals surface area contributed by atoms with Crippen LogP contribution in [0.5, 0.6) is 5.95 Å². The second kappa shape index (κ2) is 4.31. The first kappa shape index (κ1) is 11.5. The van der Waals surface area contributed by atoms with Crippen molar-refractivity contribution in [3.8, 4) is 5.95 Å². The van der Waals surface area contributed by atoms with Gasteiger partial charge in [0, 0.05) is 6.54 Å². The zero-order valence-corrected chi connectivity index (χ0v) is 8.90. The fraction of sp³-hybridized carbons (Fsp3) is 0.556. The minimum absolute atomic E-state index is 0.121. The third kappa shape index (κ3) is 3.59. The Bertz CT molecular complexity index is 340. The molecular weight excluding hydrogens is 200 g/mol. The number of ether oxygens (including phenoxy) is 1. The Kier molecular flexibility index (Phi) is 3.31. The molecule has 1 amide bonds. The van der Waals surface area contributed by atoms with E-state index in [2.05, 4.69) is 15.0 Å². The standard InChI is InChI=1S/C9H14N2O4/c1-9(2,13)5-10-8(12)6-4-7(14-3)15-11-6/h4,13H,5H2,1-3H3,(H,10,12). The molecular formula is C9H14N2O4. The number of carbonyl (C=O) groups is 1. The molecule has 6 heteroatoms. The van der Waals surface area contributed by atoms with Crippen LogP contribution in [0.1, 0.15) is 24.3 Å². The van der Waals surface area contributed by atoms with E-state index in [9.17, 15) is 9.90 Å². The Balaban J connectivity index is 2.54. The number of aromatic nitrogens is 1. The predicted octanol–water partition coefficient (Wildman–Crippen LogP) is 0.184. The van der Waals surface area contributed by atoms with Crippen molar-refractivity contribution in [3.05, 3.63) is 11.8 Å². The van der Waals surface area contributed by atoms with Gasteiger partial charge in [0.15, 0.2) is 5.69 Å². The van der Waals surface area contributed by atoms with E-state index in [1.165, 1.54) is 13.2 Å². The van der Waals surface area contributed by atoms with Gasteiger partial charge in [-0.25, -0.2) is 0 Å². The van der Waals surface area contributed by atoms with Crippen molar-refractivity contribution < 1.29 is 19.2 Å². The van der Waals surface area contributed by atoms with Crippen LogP contribution in [-0.2, 0) is 0 Å². The smallest absolute Gasteiger partial charge is 0.311 e. The molecule has 0 saturated carbocycles. The van der Waals surface area contributed by atoms with Gasteiger partial charge in [0.1, 0.15) is 0 Å². The number of carbonyl (C=O) groups excluding carboxylic acids is 1. The Morgan fingerprint density at radius 2 is 2.40 bits per heavy atom. The highest BCUT2D eigenvalue weighted by Gasteiger charge is 2.17. The molecule has 1 aromatic rings. The van der Waals surface area contributed by atoms with Gasteiger partial charge in [0.05, 0.1) is 18.8 Å². The zero-order valence-electron chi connectivity index (χ0n) is 8.90. The lowest BCUT2D eigenvalue weighted by Gasteiger charge is -2.16. The molecule has 0 aromatic carbocycles. The van der Waals surface area contributed by atoms with Crippen LogP contribution in [0, 0.1) is 0 Å². The molecule has 0 aliphatic carbocycles. The second-order valence-electron chi connectivity index (χ2n) is 3.73. The summed E-state index contributed by atoms with van der Waals surface area (Å²) >= 11 is 0. The highest BCUT2D eigenvalue weighted by Crippen LogP contribution is 2.11. The number of methoxy groups -OCH3 is 1. The topological polar surface area (TPSA) is 84.6 Å². The summed E-state index contributed by atoms with van der Waals surface area (Å²) in [6.07, 6.45) is 0. The van der Waals surface area contributed by atoms with E-state index >= 15 is 0 Å². The van der Waals surface area contributed by atoms with E-state index < -0.39 is 11.5 Å². The SMILES string of the molecule is COc1cc(C(=O)NCC(C)(C)O)no1. The Morgan fingerprint density at radius 1 is 1.73 bits per heavy atom. The fourth-order valence-electron chi connectivity index (χ4n) is 0.849. The van der Waals surface area contributed by atoms with Gasteiger partial charge < -0.3 is 19.7 Å². The van der Waals surface area contributed by atoms with Crippen LogP contribution in [0.2, 0.25) is 0 Å². The maximum absolute atomic E-state index is 11.4. The van der Waals surface area contributed by atoms with Gasteiger partial charge in [0.25, 0.3) is 5.91 Å². The molecule has 0 aliphatic heterocycles. The molecule has 84 valence electrons. The van der Waals surface area contributed by atoms with Crippen molar-refractivity contribution in [2.45, 2.75) is 19.4 Å². The average Bonchev–Trinajstić information content (AvgIpc) is 2.61. The molecule has 0 atom stereocenters. The number of nitrogens with one attached hydrogen (secondary N) is 1. The molecule has 0 fully saturated rings. The molecule has 0 radical (unpaired) electrons. The molecule has 1 heterocycles. The van der Waals surface area contributed by atoms with E-state index in [0.29, 0.717) is 0 Å². The quantitative estimate of drug-likeness (QED) is 0.747. The molecule has 0 saturated heterocycles. The molecule has 0 spiro atoms. The van der Waals surface area contributed by atoms with Crippen LogP contribution in [0.25, 0.3) is 0 Å². The van der Waals surface area contributed by atoms with Crippen LogP contribution >= 0.6 is 0 Å². The maximum atomic E-state index is 11.4. The number of hydrogen-bond donors (Lipinski definition) is 2. The van der Waals surface area contributed by atoms with Crippen molar-refractivity contribution in [2.24, 2.45) is 0 Å². The second-order valence-corrected chi connectivity index (χ2v) is 3.73. The number of nitrogens with zero attached hydrogens (tertiary/aromatic N) is 1. The van der Waals surface area contributed by atoms with Crippen molar-refractivity contribution in [1.29, 1.82) is 0 Å². The highest BCUT2D eigenvalue weighted by molar-refractivity contribution is 5.92. The van der Waals surface area contributed by atoms with E-state index in [1.54, 1.807) is 13.8 Å². The lowest BCUT2D eigenvalue weighted by molar-refractivity contribution is 0.0689. The van der Waals surface area contributed by atoms with Crippen LogP contribution in [-0.4, -0.2) is 35.4 Å². The molecule has 0 unspecified atom stereocenters. The summed E-state index contributed by atoms with van der Waals surface area (Å²) < 4.78 is 9.40. The summed E-state index contributed by atoms with van der Waals surface area (Å²) in [6, 6.07) is 1.37. The van der Waals surface area contributed by atoms with Crippen molar-refractivity contribution >= 4 is 5.91 Å². The highest BCUT2D eigenvalue weighted by atomic mass is 16.6. The molecule has 1 rings (SSSR count). The third-order valence-corrected chi connectivity index (χ3v) is 1.60. The maximum Gasteiger partial charge on any atom is 0.311 e. The number of rotatable bonds is 4. The Labute approximate surface area is 87.2 Å². The molecule has 1 aromatic heterocycles. The lowest BCUT2D eigenvalue weighted by Crippen LogP contribution is -2.38. The van der Waals surface area contributed by atoms with Gasteiger partial charge in [-0.05, 0) is 13.8 Å². The van der Waals surface area contributed by atoms with Crippen LogP contribution in [0.4, 0.5) is 0 Å². The van der Waals surface area contributed by atoms with Gasteiger partial charge in [-0.3, -0.25) is 4.79 Å². The first-order valence-corrected chi connectivity index (χ1v) is 4.43. The zero-order chi connectivity index (χ0) is 11.5. The normalized spacial score (nSPS) is 11.2. The summed E-state index contributed by atoms with van der Waals surface area (Å²) in [5.74, 6) is -0.243.